The van der Waals surface area contributed by atoms with Gasteiger partial charge in [-0.15, -0.1) is 5.10 Å². The quantitative estimate of drug-likeness (QED) is 0.707. The molecule has 0 aliphatic carbocycles. The zero-order valence-electron chi connectivity index (χ0n) is 14.5. The van der Waals surface area contributed by atoms with E-state index in [1.165, 1.54) is 6.07 Å². The lowest BCUT2D eigenvalue weighted by Gasteiger charge is -2.09. The highest BCUT2D eigenvalue weighted by molar-refractivity contribution is 5.90. The zero-order chi connectivity index (χ0) is 19.6. The Kier molecular flexibility index (Phi) is 4.93. The molecule has 0 aromatic carbocycles. The maximum atomic E-state index is 12.8. The van der Waals surface area contributed by atoms with Gasteiger partial charge in [-0.25, -0.2) is 9.97 Å². The molecule has 0 spiro atoms. The Morgan fingerprint density at radius 3 is 2.63 bits per heavy atom. The molecule has 1 amide bonds. The van der Waals surface area contributed by atoms with Gasteiger partial charge in [-0.3, -0.25) is 4.79 Å². The van der Waals surface area contributed by atoms with Crippen molar-refractivity contribution in [3.8, 4) is 0 Å². The van der Waals surface area contributed by atoms with Crippen molar-refractivity contribution in [2.45, 2.75) is 26.4 Å². The Bertz CT molecular complexity index is 984. The Balaban J connectivity index is 1.67. The molecule has 3 aromatic heterocycles. The number of carbonyl (C=O) groups is 1. The second kappa shape index (κ2) is 7.17. The lowest BCUT2D eigenvalue weighted by Crippen LogP contribution is -2.18. The minimum atomic E-state index is -4.67. The van der Waals surface area contributed by atoms with E-state index in [4.69, 9.17) is 0 Å². The third-order valence-electron chi connectivity index (χ3n) is 3.51. The molecular formula is C16H16F3N7O. The number of hydrogen-bond donors (Lipinski definition) is 2. The van der Waals surface area contributed by atoms with Gasteiger partial charge >= 0.3 is 6.18 Å². The van der Waals surface area contributed by atoms with E-state index in [0.29, 0.717) is 11.5 Å². The fourth-order valence-corrected chi connectivity index (χ4v) is 2.35. The first-order chi connectivity index (χ1) is 12.7. The first-order valence-electron chi connectivity index (χ1n) is 8.01. The number of hydrogen-bond acceptors (Lipinski definition) is 6. The van der Waals surface area contributed by atoms with Gasteiger partial charge in [-0.1, -0.05) is 6.07 Å². The number of anilines is 2. The van der Waals surface area contributed by atoms with Crippen LogP contribution in [0.3, 0.4) is 0 Å². The fourth-order valence-electron chi connectivity index (χ4n) is 2.35. The summed E-state index contributed by atoms with van der Waals surface area (Å²) in [6.07, 6.45) is -4.58. The number of alkyl halides is 3. The Morgan fingerprint density at radius 2 is 1.93 bits per heavy atom. The van der Waals surface area contributed by atoms with E-state index in [9.17, 15) is 18.0 Å². The summed E-state index contributed by atoms with van der Waals surface area (Å²) in [5.74, 6) is -1.02. The molecule has 0 saturated carbocycles. The molecule has 2 N–H and O–H groups in total. The van der Waals surface area contributed by atoms with Crippen LogP contribution in [0.1, 0.15) is 23.6 Å². The molecule has 0 saturated heterocycles. The number of aromatic nitrogens is 5. The fraction of sp³-hybridized carbons (Fsp3) is 0.312. The van der Waals surface area contributed by atoms with Crippen LogP contribution in [0.25, 0.3) is 5.78 Å². The van der Waals surface area contributed by atoms with Gasteiger partial charge in [0.05, 0.1) is 0 Å². The molecule has 0 unspecified atom stereocenters. The van der Waals surface area contributed by atoms with Gasteiger partial charge in [0.15, 0.2) is 0 Å². The summed E-state index contributed by atoms with van der Waals surface area (Å²) < 4.78 is 39.4. The van der Waals surface area contributed by atoms with Gasteiger partial charge in [-0.05, 0) is 26.0 Å². The molecule has 0 atom stereocenters. The molecule has 3 aromatic rings. The molecule has 0 aliphatic rings. The molecule has 8 nitrogen and oxygen atoms in total. The van der Waals surface area contributed by atoms with E-state index < -0.39 is 12.0 Å². The van der Waals surface area contributed by atoms with Gasteiger partial charge in [0.2, 0.25) is 5.91 Å². The van der Waals surface area contributed by atoms with Gasteiger partial charge in [-0.2, -0.15) is 22.7 Å². The molecule has 0 fully saturated rings. The van der Waals surface area contributed by atoms with Crippen molar-refractivity contribution in [3.05, 3.63) is 41.5 Å². The van der Waals surface area contributed by atoms with Crippen LogP contribution in [-0.2, 0) is 11.0 Å². The SMILES string of the molecule is Cc1cccc(NC(=O)CCNc2cc(C)nc3nc(C(F)(F)F)nn23)n1. The van der Waals surface area contributed by atoms with E-state index in [2.05, 4.69) is 30.7 Å². The molecule has 3 rings (SSSR count). The third kappa shape index (κ3) is 4.49. The third-order valence-corrected chi connectivity index (χ3v) is 3.51. The van der Waals surface area contributed by atoms with Crippen molar-refractivity contribution in [3.63, 3.8) is 0 Å². The Morgan fingerprint density at radius 1 is 1.15 bits per heavy atom. The number of nitrogens with zero attached hydrogens (tertiary/aromatic N) is 5. The Hall–Kier alpha value is -3.24. The lowest BCUT2D eigenvalue weighted by molar-refractivity contribution is -0.144. The van der Waals surface area contributed by atoms with Crippen molar-refractivity contribution in [1.29, 1.82) is 0 Å². The van der Waals surface area contributed by atoms with Crippen LogP contribution in [0.4, 0.5) is 24.8 Å². The van der Waals surface area contributed by atoms with E-state index in [-0.39, 0.29) is 30.5 Å². The molecule has 27 heavy (non-hydrogen) atoms. The van der Waals surface area contributed by atoms with Crippen molar-refractivity contribution in [2.24, 2.45) is 0 Å². The van der Waals surface area contributed by atoms with Crippen LogP contribution in [0.15, 0.2) is 24.3 Å². The van der Waals surface area contributed by atoms with Crippen LogP contribution < -0.4 is 10.6 Å². The second-order valence-corrected chi connectivity index (χ2v) is 5.82. The largest absolute Gasteiger partial charge is 0.453 e. The van der Waals surface area contributed by atoms with Crippen molar-refractivity contribution < 1.29 is 18.0 Å². The van der Waals surface area contributed by atoms with Gasteiger partial charge in [0.25, 0.3) is 11.6 Å². The van der Waals surface area contributed by atoms with E-state index in [1.807, 2.05) is 13.0 Å². The lowest BCUT2D eigenvalue weighted by atomic mass is 10.3. The maximum Gasteiger partial charge on any atom is 0.453 e. The summed E-state index contributed by atoms with van der Waals surface area (Å²) >= 11 is 0. The number of halogens is 3. The molecule has 0 radical (unpaired) electrons. The minimum Gasteiger partial charge on any atom is -0.369 e. The van der Waals surface area contributed by atoms with Gasteiger partial charge in [0.1, 0.15) is 11.6 Å². The highest BCUT2D eigenvalue weighted by Gasteiger charge is 2.36. The molecule has 0 bridgehead atoms. The maximum absolute atomic E-state index is 12.8. The van der Waals surface area contributed by atoms with Gasteiger partial charge in [0, 0.05) is 30.4 Å². The summed E-state index contributed by atoms with van der Waals surface area (Å²) in [7, 11) is 0. The average Bonchev–Trinajstić information content (AvgIpc) is 2.99. The summed E-state index contributed by atoms with van der Waals surface area (Å²) in [6.45, 7) is 3.61. The smallest absolute Gasteiger partial charge is 0.369 e. The van der Waals surface area contributed by atoms with E-state index in [0.717, 1.165) is 10.2 Å². The Labute approximate surface area is 151 Å². The second-order valence-electron chi connectivity index (χ2n) is 5.82. The van der Waals surface area contributed by atoms with Crippen molar-refractivity contribution >= 4 is 23.3 Å². The normalized spacial score (nSPS) is 11.6. The van der Waals surface area contributed by atoms with Crippen LogP contribution in [-0.4, -0.2) is 37.0 Å². The minimum absolute atomic E-state index is 0.0826. The number of pyridine rings is 1. The summed E-state index contributed by atoms with van der Waals surface area (Å²) in [6, 6.07) is 6.78. The molecule has 3 heterocycles. The standard InChI is InChI=1S/C16H16F3N7O/c1-9-4-3-5-11(21-9)23-13(27)6-7-20-12-8-10(2)22-15-24-14(16(17,18)19)25-26(12)15/h3-5,8,20H,6-7H2,1-2H3,(H,21,23,27). The van der Waals surface area contributed by atoms with E-state index in [1.54, 1.807) is 19.1 Å². The van der Waals surface area contributed by atoms with E-state index >= 15 is 0 Å². The number of rotatable bonds is 5. The summed E-state index contributed by atoms with van der Waals surface area (Å²) in [5.41, 5.74) is 1.24. The van der Waals surface area contributed by atoms with Crippen LogP contribution >= 0.6 is 0 Å². The predicted octanol–water partition coefficient (Wildman–Crippen LogP) is 2.60. The topological polar surface area (TPSA) is 97.1 Å². The van der Waals surface area contributed by atoms with Crippen LogP contribution in [0.5, 0.6) is 0 Å². The number of nitrogens with one attached hydrogen (secondary N) is 2. The number of aryl methyl sites for hydroxylation is 2. The first-order valence-corrected chi connectivity index (χ1v) is 8.01. The monoisotopic (exact) mass is 379 g/mol. The number of carbonyl (C=O) groups excluding carboxylic acids is 1. The predicted molar refractivity (Wildman–Crippen MR) is 91.2 cm³/mol. The highest BCUT2D eigenvalue weighted by Crippen LogP contribution is 2.27. The summed E-state index contributed by atoms with van der Waals surface area (Å²) in [5, 5.41) is 8.99. The zero-order valence-corrected chi connectivity index (χ0v) is 14.5. The average molecular weight is 379 g/mol. The number of amides is 1. The van der Waals surface area contributed by atoms with Gasteiger partial charge < -0.3 is 10.6 Å². The molecule has 0 aliphatic heterocycles. The summed E-state index contributed by atoms with van der Waals surface area (Å²) in [4.78, 5) is 23.5. The molecular weight excluding hydrogens is 363 g/mol. The van der Waals surface area contributed by atoms with Crippen LogP contribution in [0.2, 0.25) is 0 Å². The van der Waals surface area contributed by atoms with Crippen molar-refractivity contribution in [1.82, 2.24) is 24.6 Å². The van der Waals surface area contributed by atoms with Crippen molar-refractivity contribution in [2.75, 3.05) is 17.2 Å². The molecule has 142 valence electrons. The molecule has 11 heteroatoms. The number of fused-ring (bicyclic) bond motifs is 1. The highest BCUT2D eigenvalue weighted by atomic mass is 19.4. The first kappa shape index (κ1) is 18.5. The van der Waals surface area contributed by atoms with Crippen LogP contribution in [0, 0.1) is 13.8 Å².